The minimum absolute atomic E-state index is 0.301. The van der Waals surface area contributed by atoms with E-state index in [0.29, 0.717) is 17.1 Å². The number of benzene rings is 1. The molecule has 0 N–H and O–H groups in total. The topological polar surface area (TPSA) is 45.7 Å². The van der Waals surface area contributed by atoms with Crippen molar-refractivity contribution in [3.05, 3.63) is 54.0 Å². The number of hydrogen-bond donors (Lipinski definition) is 0. The number of amides is 1. The summed E-state index contributed by atoms with van der Waals surface area (Å²) in [6.07, 6.45) is 1.44. The molecule has 1 amide bonds. The van der Waals surface area contributed by atoms with Gasteiger partial charge in [-0.05, 0) is 24.3 Å². The zero-order valence-electron chi connectivity index (χ0n) is 12.1. The lowest BCUT2D eigenvalue weighted by atomic mass is 10.2. The Morgan fingerprint density at radius 1 is 1.19 bits per heavy atom. The van der Waals surface area contributed by atoms with Crippen LogP contribution in [0.15, 0.2) is 42.6 Å². The van der Waals surface area contributed by atoms with Crippen LogP contribution in [0.25, 0.3) is 0 Å². The van der Waals surface area contributed by atoms with E-state index < -0.39 is 0 Å². The predicted octanol–water partition coefficient (Wildman–Crippen LogP) is 2.62. The lowest BCUT2D eigenvalue weighted by Crippen LogP contribution is -2.25. The maximum absolute atomic E-state index is 13.7. The highest BCUT2D eigenvalue weighted by Crippen LogP contribution is 2.24. The molecule has 6 heteroatoms. The van der Waals surface area contributed by atoms with Crippen molar-refractivity contribution >= 4 is 17.4 Å². The molecule has 0 saturated heterocycles. The quantitative estimate of drug-likeness (QED) is 0.812. The van der Waals surface area contributed by atoms with Crippen molar-refractivity contribution in [2.75, 3.05) is 26.1 Å². The van der Waals surface area contributed by atoms with Gasteiger partial charge in [0.2, 0.25) is 0 Å². The van der Waals surface area contributed by atoms with E-state index in [1.165, 1.54) is 26.4 Å². The molecule has 0 fully saturated rings. The molecule has 5 nitrogen and oxygen atoms in total. The van der Waals surface area contributed by atoms with Crippen LogP contribution in [0.5, 0.6) is 0 Å². The third-order valence-corrected chi connectivity index (χ3v) is 3.11. The number of pyridine rings is 1. The fourth-order valence-corrected chi connectivity index (χ4v) is 1.82. The first-order valence-corrected chi connectivity index (χ1v) is 6.31. The molecule has 0 aliphatic rings. The molecule has 0 aliphatic heterocycles. The van der Waals surface area contributed by atoms with Gasteiger partial charge in [-0.2, -0.15) is 0 Å². The van der Waals surface area contributed by atoms with Gasteiger partial charge in [0.15, 0.2) is 0 Å². The molecule has 0 unspecified atom stereocenters. The van der Waals surface area contributed by atoms with Crippen LogP contribution in [0.4, 0.5) is 15.9 Å². The van der Waals surface area contributed by atoms with Crippen molar-refractivity contribution in [1.82, 2.24) is 10.0 Å². The molecule has 21 heavy (non-hydrogen) atoms. The molecule has 0 bridgehead atoms. The van der Waals surface area contributed by atoms with Gasteiger partial charge >= 0.3 is 0 Å². The van der Waals surface area contributed by atoms with Gasteiger partial charge in [-0.15, -0.1) is 0 Å². The molecule has 1 aromatic carbocycles. The number of hydrogen-bond acceptors (Lipinski definition) is 4. The Morgan fingerprint density at radius 3 is 2.48 bits per heavy atom. The fourth-order valence-electron chi connectivity index (χ4n) is 1.82. The molecule has 110 valence electrons. The zero-order valence-corrected chi connectivity index (χ0v) is 12.1. The maximum Gasteiger partial charge on any atom is 0.278 e. The average Bonchev–Trinajstić information content (AvgIpc) is 2.53. The second kappa shape index (κ2) is 6.32. The fraction of sp³-hybridized carbons (Fsp3) is 0.200. The van der Waals surface area contributed by atoms with Crippen LogP contribution < -0.4 is 4.90 Å². The van der Waals surface area contributed by atoms with Crippen molar-refractivity contribution in [1.29, 1.82) is 0 Å². The Kier molecular flexibility index (Phi) is 4.49. The molecule has 2 rings (SSSR count). The van der Waals surface area contributed by atoms with Crippen LogP contribution in [-0.2, 0) is 4.84 Å². The number of aromatic nitrogens is 1. The lowest BCUT2D eigenvalue weighted by molar-refractivity contribution is -0.0757. The van der Waals surface area contributed by atoms with Gasteiger partial charge in [0.1, 0.15) is 11.6 Å². The van der Waals surface area contributed by atoms with Crippen molar-refractivity contribution < 1.29 is 14.0 Å². The lowest BCUT2D eigenvalue weighted by Gasteiger charge is -2.19. The molecule has 0 radical (unpaired) electrons. The zero-order chi connectivity index (χ0) is 15.4. The van der Waals surface area contributed by atoms with Crippen LogP contribution in [0.1, 0.15) is 10.4 Å². The van der Waals surface area contributed by atoms with Crippen molar-refractivity contribution in [3.63, 3.8) is 0 Å². The Balaban J connectivity index is 2.23. The Hall–Kier alpha value is -2.47. The standard InChI is InChI=1S/C15H16FN3O2/c1-18(13-7-5-4-6-12(13)16)14-9-8-11(10-17-14)15(20)19(2)21-3/h4-10H,1-3H3. The molecule has 1 heterocycles. The van der Waals surface area contributed by atoms with Crippen molar-refractivity contribution in [3.8, 4) is 0 Å². The van der Waals surface area contributed by atoms with E-state index in [0.717, 1.165) is 5.06 Å². The van der Waals surface area contributed by atoms with Crippen LogP contribution in [0.2, 0.25) is 0 Å². The first-order valence-electron chi connectivity index (χ1n) is 6.31. The van der Waals surface area contributed by atoms with Crippen LogP contribution in [0.3, 0.4) is 0 Å². The second-order valence-electron chi connectivity index (χ2n) is 4.40. The van der Waals surface area contributed by atoms with E-state index in [1.54, 1.807) is 42.3 Å². The predicted molar refractivity (Wildman–Crippen MR) is 77.8 cm³/mol. The monoisotopic (exact) mass is 289 g/mol. The number of rotatable bonds is 4. The van der Waals surface area contributed by atoms with E-state index in [1.807, 2.05) is 0 Å². The smallest absolute Gasteiger partial charge is 0.278 e. The number of carbonyl (C=O) groups is 1. The number of halogens is 1. The molecule has 0 saturated carbocycles. The van der Waals surface area contributed by atoms with E-state index in [-0.39, 0.29) is 11.7 Å². The summed E-state index contributed by atoms with van der Waals surface area (Å²) in [5.41, 5.74) is 0.808. The number of anilines is 2. The van der Waals surface area contributed by atoms with Gasteiger partial charge in [0, 0.05) is 20.3 Å². The molecular weight excluding hydrogens is 273 g/mol. The molecule has 0 aliphatic carbocycles. The van der Waals surface area contributed by atoms with E-state index in [9.17, 15) is 9.18 Å². The summed E-state index contributed by atoms with van der Waals surface area (Å²) in [5, 5.41) is 1.11. The summed E-state index contributed by atoms with van der Waals surface area (Å²) in [6, 6.07) is 9.70. The summed E-state index contributed by atoms with van der Waals surface area (Å²) in [4.78, 5) is 22.5. The number of nitrogens with zero attached hydrogens (tertiary/aromatic N) is 3. The van der Waals surface area contributed by atoms with Gasteiger partial charge in [0.25, 0.3) is 5.91 Å². The van der Waals surface area contributed by atoms with Crippen molar-refractivity contribution in [2.45, 2.75) is 0 Å². The number of hydroxylamine groups is 2. The summed E-state index contributed by atoms with van der Waals surface area (Å²) < 4.78 is 13.7. The summed E-state index contributed by atoms with van der Waals surface area (Å²) in [5.74, 6) is -0.0946. The summed E-state index contributed by atoms with van der Waals surface area (Å²) in [7, 11) is 4.64. The SMILES string of the molecule is CON(C)C(=O)c1ccc(N(C)c2ccccc2F)nc1. The third kappa shape index (κ3) is 3.17. The average molecular weight is 289 g/mol. The largest absolute Gasteiger partial charge is 0.327 e. The van der Waals surface area contributed by atoms with Crippen molar-refractivity contribution in [2.24, 2.45) is 0 Å². The van der Waals surface area contributed by atoms with E-state index >= 15 is 0 Å². The highest BCUT2D eigenvalue weighted by Gasteiger charge is 2.14. The molecule has 0 atom stereocenters. The van der Waals surface area contributed by atoms with E-state index in [2.05, 4.69) is 4.98 Å². The Labute approximate surface area is 122 Å². The molecule has 0 spiro atoms. The van der Waals surface area contributed by atoms with Gasteiger partial charge < -0.3 is 4.90 Å². The number of para-hydroxylation sites is 1. The molecule has 1 aromatic heterocycles. The summed E-state index contributed by atoms with van der Waals surface area (Å²) in [6.45, 7) is 0. The van der Waals surface area contributed by atoms with Gasteiger partial charge in [-0.1, -0.05) is 12.1 Å². The normalized spacial score (nSPS) is 10.3. The van der Waals surface area contributed by atoms with Gasteiger partial charge in [0.05, 0.1) is 18.4 Å². The molecule has 2 aromatic rings. The highest BCUT2D eigenvalue weighted by molar-refractivity contribution is 5.93. The molecular formula is C15H16FN3O2. The number of carbonyl (C=O) groups excluding carboxylic acids is 1. The van der Waals surface area contributed by atoms with Gasteiger partial charge in [-0.3, -0.25) is 9.63 Å². The van der Waals surface area contributed by atoms with Crippen LogP contribution >= 0.6 is 0 Å². The first-order chi connectivity index (χ1) is 10.0. The van der Waals surface area contributed by atoms with Gasteiger partial charge in [-0.25, -0.2) is 14.4 Å². The third-order valence-electron chi connectivity index (χ3n) is 3.11. The highest BCUT2D eigenvalue weighted by atomic mass is 19.1. The Morgan fingerprint density at radius 2 is 1.90 bits per heavy atom. The minimum Gasteiger partial charge on any atom is -0.327 e. The summed E-state index contributed by atoms with van der Waals surface area (Å²) >= 11 is 0. The maximum atomic E-state index is 13.7. The van der Waals surface area contributed by atoms with Crippen LogP contribution in [0, 0.1) is 5.82 Å². The Bertz CT molecular complexity index is 631. The second-order valence-corrected chi connectivity index (χ2v) is 4.40. The minimum atomic E-state index is -0.332. The first kappa shape index (κ1) is 14.9. The van der Waals surface area contributed by atoms with E-state index in [4.69, 9.17) is 4.84 Å². The van der Waals surface area contributed by atoms with Crippen LogP contribution in [-0.4, -0.2) is 37.2 Å².